The van der Waals surface area contributed by atoms with E-state index >= 15 is 0 Å². The van der Waals surface area contributed by atoms with Crippen molar-refractivity contribution in [1.82, 2.24) is 15.1 Å². The molecule has 0 atom stereocenters. The van der Waals surface area contributed by atoms with E-state index in [4.69, 9.17) is 4.74 Å². The van der Waals surface area contributed by atoms with E-state index in [0.717, 1.165) is 5.69 Å². The van der Waals surface area contributed by atoms with E-state index in [1.165, 1.54) is 4.90 Å². The van der Waals surface area contributed by atoms with Crippen LogP contribution in [0.3, 0.4) is 0 Å². The van der Waals surface area contributed by atoms with Crippen molar-refractivity contribution in [2.75, 3.05) is 20.2 Å². The van der Waals surface area contributed by atoms with Crippen LogP contribution in [0.4, 0.5) is 0 Å². The zero-order chi connectivity index (χ0) is 13.7. The van der Waals surface area contributed by atoms with Gasteiger partial charge in [-0.15, -0.1) is 0 Å². The molecule has 0 aromatic carbocycles. The summed E-state index contributed by atoms with van der Waals surface area (Å²) in [6.45, 7) is 6.02. The van der Waals surface area contributed by atoms with Crippen molar-refractivity contribution in [1.29, 1.82) is 0 Å². The predicted molar refractivity (Wildman–Crippen MR) is 66.3 cm³/mol. The number of aromatic amines is 1. The number of carbonyl (C=O) groups excluding carboxylic acids is 2. The van der Waals surface area contributed by atoms with Crippen LogP contribution in [0, 0.1) is 13.8 Å². The minimum atomic E-state index is -0.294. The van der Waals surface area contributed by atoms with Gasteiger partial charge < -0.3 is 9.64 Å². The largest absolute Gasteiger partial charge is 0.466 e. The molecule has 100 valence electrons. The van der Waals surface area contributed by atoms with Crippen LogP contribution in [-0.2, 0) is 9.53 Å². The van der Waals surface area contributed by atoms with Crippen molar-refractivity contribution in [3.8, 4) is 0 Å². The molecule has 0 spiro atoms. The lowest BCUT2D eigenvalue weighted by molar-refractivity contribution is -0.143. The van der Waals surface area contributed by atoms with Crippen LogP contribution in [-0.4, -0.2) is 47.2 Å². The minimum absolute atomic E-state index is 0.136. The lowest BCUT2D eigenvalue weighted by atomic mass is 10.1. The van der Waals surface area contributed by atoms with Gasteiger partial charge in [-0.1, -0.05) is 0 Å². The number of hydrogen-bond donors (Lipinski definition) is 1. The molecule has 0 aliphatic carbocycles. The summed E-state index contributed by atoms with van der Waals surface area (Å²) in [5.74, 6) is -0.430. The minimum Gasteiger partial charge on any atom is -0.466 e. The maximum absolute atomic E-state index is 12.1. The van der Waals surface area contributed by atoms with Gasteiger partial charge in [0.05, 0.1) is 24.3 Å². The highest BCUT2D eigenvalue weighted by atomic mass is 16.5. The van der Waals surface area contributed by atoms with E-state index in [1.54, 1.807) is 27.8 Å². The van der Waals surface area contributed by atoms with Crippen molar-refractivity contribution in [3.05, 3.63) is 17.0 Å². The Morgan fingerprint density at radius 3 is 2.56 bits per heavy atom. The zero-order valence-corrected chi connectivity index (χ0v) is 11.2. The van der Waals surface area contributed by atoms with E-state index in [2.05, 4.69) is 10.2 Å². The second kappa shape index (κ2) is 6.18. The summed E-state index contributed by atoms with van der Waals surface area (Å²) in [6.07, 6.45) is 0.200. The van der Waals surface area contributed by atoms with Gasteiger partial charge >= 0.3 is 5.97 Å². The average Bonchev–Trinajstić information content (AvgIpc) is 2.65. The number of carbonyl (C=O) groups is 2. The highest BCUT2D eigenvalue weighted by Crippen LogP contribution is 2.12. The van der Waals surface area contributed by atoms with Crippen LogP contribution in [0.5, 0.6) is 0 Å². The zero-order valence-electron chi connectivity index (χ0n) is 11.2. The Hall–Kier alpha value is -1.85. The van der Waals surface area contributed by atoms with Gasteiger partial charge in [-0.3, -0.25) is 14.7 Å². The summed E-state index contributed by atoms with van der Waals surface area (Å²) in [5.41, 5.74) is 1.97. The first-order valence-corrected chi connectivity index (χ1v) is 5.90. The molecular weight excluding hydrogens is 234 g/mol. The van der Waals surface area contributed by atoms with Crippen LogP contribution in [0.2, 0.25) is 0 Å². The topological polar surface area (TPSA) is 75.3 Å². The maximum Gasteiger partial charge on any atom is 0.307 e. The molecule has 18 heavy (non-hydrogen) atoms. The van der Waals surface area contributed by atoms with Gasteiger partial charge in [0.1, 0.15) is 0 Å². The Bertz CT molecular complexity index is 420. The number of esters is 1. The second-order valence-electron chi connectivity index (χ2n) is 4.09. The summed E-state index contributed by atoms with van der Waals surface area (Å²) in [6, 6.07) is 0. The molecule has 1 amide bonds. The molecule has 1 aromatic rings. The van der Waals surface area contributed by atoms with Gasteiger partial charge in [-0.2, -0.15) is 5.10 Å². The van der Waals surface area contributed by atoms with Gasteiger partial charge in [0.15, 0.2) is 0 Å². The predicted octanol–water partition coefficient (Wildman–Crippen LogP) is 1.05. The van der Waals surface area contributed by atoms with Gasteiger partial charge in [0.25, 0.3) is 5.91 Å². The third-order valence-electron chi connectivity index (χ3n) is 2.65. The molecular formula is C12H19N3O3. The second-order valence-corrected chi connectivity index (χ2v) is 4.09. The maximum atomic E-state index is 12.1. The van der Waals surface area contributed by atoms with Crippen LogP contribution >= 0.6 is 0 Å². The average molecular weight is 253 g/mol. The van der Waals surface area contributed by atoms with Crippen molar-refractivity contribution in [3.63, 3.8) is 0 Å². The summed E-state index contributed by atoms with van der Waals surface area (Å²) < 4.78 is 4.81. The SMILES string of the molecule is CCOC(=O)CCN(C)C(=O)c1c(C)n[nH]c1C. The number of H-pyrrole nitrogens is 1. The Labute approximate surface area is 106 Å². The molecule has 6 nitrogen and oxygen atoms in total. The number of nitrogens with one attached hydrogen (secondary N) is 1. The highest BCUT2D eigenvalue weighted by Gasteiger charge is 2.19. The van der Waals surface area contributed by atoms with E-state index < -0.39 is 0 Å². The molecule has 1 N–H and O–H groups in total. The van der Waals surface area contributed by atoms with Gasteiger partial charge in [0.2, 0.25) is 0 Å². The fraction of sp³-hybridized carbons (Fsp3) is 0.583. The van der Waals surface area contributed by atoms with E-state index in [-0.39, 0.29) is 18.3 Å². The molecule has 0 bridgehead atoms. The lowest BCUT2D eigenvalue weighted by Gasteiger charge is -2.16. The van der Waals surface area contributed by atoms with Gasteiger partial charge in [0, 0.05) is 19.3 Å². The molecule has 0 saturated carbocycles. The number of aromatic nitrogens is 2. The highest BCUT2D eigenvalue weighted by molar-refractivity contribution is 5.96. The van der Waals surface area contributed by atoms with Crippen LogP contribution < -0.4 is 0 Å². The van der Waals surface area contributed by atoms with Crippen molar-refractivity contribution in [2.45, 2.75) is 27.2 Å². The number of amides is 1. The van der Waals surface area contributed by atoms with Gasteiger partial charge in [-0.25, -0.2) is 0 Å². The Balaban J connectivity index is 2.60. The normalized spacial score (nSPS) is 10.2. The summed E-state index contributed by atoms with van der Waals surface area (Å²) in [4.78, 5) is 24.8. The van der Waals surface area contributed by atoms with Crippen molar-refractivity contribution < 1.29 is 14.3 Å². The van der Waals surface area contributed by atoms with Gasteiger partial charge in [-0.05, 0) is 20.8 Å². The van der Waals surface area contributed by atoms with E-state index in [9.17, 15) is 9.59 Å². The number of nitrogens with zero attached hydrogens (tertiary/aromatic N) is 2. The molecule has 0 radical (unpaired) electrons. The summed E-state index contributed by atoms with van der Waals surface area (Å²) >= 11 is 0. The first-order chi connectivity index (χ1) is 8.47. The van der Waals surface area contributed by atoms with Crippen LogP contribution in [0.25, 0.3) is 0 Å². The Kier molecular flexibility index (Phi) is 4.88. The quantitative estimate of drug-likeness (QED) is 0.796. The molecule has 6 heteroatoms. The van der Waals surface area contributed by atoms with Crippen molar-refractivity contribution >= 4 is 11.9 Å². The number of aryl methyl sites for hydroxylation is 2. The number of rotatable bonds is 5. The Morgan fingerprint density at radius 1 is 1.39 bits per heavy atom. The van der Waals surface area contributed by atoms with Crippen LogP contribution in [0.15, 0.2) is 0 Å². The van der Waals surface area contributed by atoms with E-state index in [0.29, 0.717) is 24.4 Å². The standard InChI is InChI=1S/C12H19N3O3/c1-5-18-10(16)6-7-15(4)12(17)11-8(2)13-14-9(11)3/h5-7H2,1-4H3,(H,13,14). The number of hydrogen-bond acceptors (Lipinski definition) is 4. The van der Waals surface area contributed by atoms with Crippen LogP contribution in [0.1, 0.15) is 35.1 Å². The Morgan fingerprint density at radius 2 is 2.06 bits per heavy atom. The third-order valence-corrected chi connectivity index (χ3v) is 2.65. The number of ether oxygens (including phenoxy) is 1. The third kappa shape index (κ3) is 3.32. The first-order valence-electron chi connectivity index (χ1n) is 5.90. The molecule has 0 aliphatic heterocycles. The van der Waals surface area contributed by atoms with E-state index in [1.807, 2.05) is 0 Å². The smallest absolute Gasteiger partial charge is 0.307 e. The molecule has 1 heterocycles. The fourth-order valence-corrected chi connectivity index (χ4v) is 1.65. The fourth-order valence-electron chi connectivity index (χ4n) is 1.65. The molecule has 1 rings (SSSR count). The summed E-state index contributed by atoms with van der Waals surface area (Å²) in [5, 5.41) is 6.75. The monoisotopic (exact) mass is 253 g/mol. The molecule has 0 fully saturated rings. The molecule has 0 unspecified atom stereocenters. The molecule has 0 aliphatic rings. The molecule has 0 saturated heterocycles. The lowest BCUT2D eigenvalue weighted by Crippen LogP contribution is -2.30. The molecule has 1 aromatic heterocycles. The summed E-state index contributed by atoms with van der Waals surface area (Å²) in [7, 11) is 1.66. The van der Waals surface area contributed by atoms with Crippen molar-refractivity contribution in [2.24, 2.45) is 0 Å². The first kappa shape index (κ1) is 14.2.